The second-order valence-corrected chi connectivity index (χ2v) is 3.55. The fourth-order valence-corrected chi connectivity index (χ4v) is 1.33. The molecular weight excluding hydrogens is 207 g/mol. The topological polar surface area (TPSA) is 9.23 Å². The van der Waals surface area contributed by atoms with E-state index in [1.807, 2.05) is 30.3 Å². The van der Waals surface area contributed by atoms with Gasteiger partial charge in [-0.2, -0.15) is 0 Å². The molecule has 13 heavy (non-hydrogen) atoms. The Balaban J connectivity index is 2.46. The molecule has 1 heterocycles. The SMILES string of the molecule is ClC(Cl)=C1C=Cc2ccccc2O1. The quantitative estimate of drug-likeness (QED) is 0.637. The van der Waals surface area contributed by atoms with Gasteiger partial charge in [0.15, 0.2) is 5.76 Å². The molecule has 0 N–H and O–H groups in total. The average Bonchev–Trinajstić information content (AvgIpc) is 2.17. The molecule has 1 aliphatic heterocycles. The summed E-state index contributed by atoms with van der Waals surface area (Å²) in [4.78, 5) is 0. The third-order valence-corrected chi connectivity index (χ3v) is 2.11. The lowest BCUT2D eigenvalue weighted by Crippen LogP contribution is -1.98. The molecule has 66 valence electrons. The molecule has 0 fully saturated rings. The second-order valence-electron chi connectivity index (χ2n) is 2.60. The molecule has 1 aliphatic rings. The highest BCUT2D eigenvalue weighted by atomic mass is 35.5. The lowest BCUT2D eigenvalue weighted by molar-refractivity contribution is 0.440. The van der Waals surface area contributed by atoms with Crippen molar-refractivity contribution in [2.45, 2.75) is 0 Å². The molecule has 0 radical (unpaired) electrons. The normalized spacial score (nSPS) is 13.5. The van der Waals surface area contributed by atoms with E-state index in [0.717, 1.165) is 11.3 Å². The van der Waals surface area contributed by atoms with Gasteiger partial charge in [-0.3, -0.25) is 0 Å². The van der Waals surface area contributed by atoms with E-state index in [-0.39, 0.29) is 4.49 Å². The smallest absolute Gasteiger partial charge is 0.157 e. The van der Waals surface area contributed by atoms with Gasteiger partial charge in [-0.25, -0.2) is 0 Å². The van der Waals surface area contributed by atoms with Gasteiger partial charge in [0.2, 0.25) is 0 Å². The van der Waals surface area contributed by atoms with Crippen molar-refractivity contribution in [1.29, 1.82) is 0 Å². The van der Waals surface area contributed by atoms with Crippen LogP contribution in [-0.2, 0) is 0 Å². The van der Waals surface area contributed by atoms with Crippen LogP contribution in [-0.4, -0.2) is 0 Å². The predicted molar refractivity (Wildman–Crippen MR) is 54.8 cm³/mol. The Morgan fingerprint density at radius 3 is 2.62 bits per heavy atom. The Morgan fingerprint density at radius 1 is 1.08 bits per heavy atom. The molecule has 0 unspecified atom stereocenters. The minimum atomic E-state index is 0.144. The van der Waals surface area contributed by atoms with Crippen LogP contribution in [0.1, 0.15) is 5.56 Å². The molecule has 1 aromatic rings. The van der Waals surface area contributed by atoms with Crippen LogP contribution in [0.2, 0.25) is 0 Å². The van der Waals surface area contributed by atoms with Gasteiger partial charge in [-0.1, -0.05) is 41.4 Å². The summed E-state index contributed by atoms with van der Waals surface area (Å²) in [6.45, 7) is 0. The standard InChI is InChI=1S/C10H6Cl2O/c11-10(12)9-6-5-7-3-1-2-4-8(7)13-9/h1-6H. The van der Waals surface area contributed by atoms with Crippen molar-refractivity contribution < 1.29 is 4.74 Å². The Hall–Kier alpha value is -0.920. The largest absolute Gasteiger partial charge is 0.454 e. The molecule has 0 saturated heterocycles. The average molecular weight is 213 g/mol. The van der Waals surface area contributed by atoms with Crippen molar-refractivity contribution in [1.82, 2.24) is 0 Å². The van der Waals surface area contributed by atoms with Gasteiger partial charge in [0, 0.05) is 5.56 Å². The summed E-state index contributed by atoms with van der Waals surface area (Å²) in [5.41, 5.74) is 1.03. The van der Waals surface area contributed by atoms with E-state index in [0.29, 0.717) is 5.76 Å². The second kappa shape index (κ2) is 3.44. The molecule has 0 amide bonds. The van der Waals surface area contributed by atoms with E-state index in [4.69, 9.17) is 27.9 Å². The fourth-order valence-electron chi connectivity index (χ4n) is 1.13. The highest BCUT2D eigenvalue weighted by Crippen LogP contribution is 2.29. The van der Waals surface area contributed by atoms with Crippen molar-refractivity contribution in [3.63, 3.8) is 0 Å². The van der Waals surface area contributed by atoms with Crippen molar-refractivity contribution in [3.8, 4) is 5.75 Å². The third-order valence-electron chi connectivity index (χ3n) is 1.74. The molecule has 1 aromatic carbocycles. The summed E-state index contributed by atoms with van der Waals surface area (Å²) in [7, 11) is 0. The molecule has 1 nitrogen and oxygen atoms in total. The van der Waals surface area contributed by atoms with Gasteiger partial charge in [0.05, 0.1) is 0 Å². The summed E-state index contributed by atoms with van der Waals surface area (Å²) in [6.07, 6.45) is 3.66. The lowest BCUT2D eigenvalue weighted by atomic mass is 10.1. The summed E-state index contributed by atoms with van der Waals surface area (Å²) < 4.78 is 5.57. The molecule has 3 heteroatoms. The predicted octanol–water partition coefficient (Wildman–Crippen LogP) is 3.74. The first-order chi connectivity index (χ1) is 6.27. The molecule has 0 aromatic heterocycles. The summed E-state index contributed by atoms with van der Waals surface area (Å²) in [6, 6.07) is 7.68. The van der Waals surface area contributed by atoms with Crippen molar-refractivity contribution >= 4 is 29.3 Å². The number of rotatable bonds is 0. The van der Waals surface area contributed by atoms with Crippen LogP contribution in [0.5, 0.6) is 5.75 Å². The van der Waals surface area contributed by atoms with E-state index in [1.165, 1.54) is 0 Å². The van der Waals surface area contributed by atoms with Gasteiger partial charge >= 0.3 is 0 Å². The fraction of sp³-hybridized carbons (Fsp3) is 0. The highest BCUT2D eigenvalue weighted by molar-refractivity contribution is 6.56. The van der Waals surface area contributed by atoms with Crippen LogP contribution in [0, 0.1) is 0 Å². The van der Waals surface area contributed by atoms with Crippen LogP contribution >= 0.6 is 23.2 Å². The van der Waals surface area contributed by atoms with Gasteiger partial charge in [-0.05, 0) is 18.2 Å². The number of halogens is 2. The maximum atomic E-state index is 5.59. The molecule has 0 atom stereocenters. The van der Waals surface area contributed by atoms with Crippen LogP contribution in [0.25, 0.3) is 6.08 Å². The number of hydrogen-bond acceptors (Lipinski definition) is 1. The molecule has 0 saturated carbocycles. The Labute approximate surface area is 86.2 Å². The van der Waals surface area contributed by atoms with E-state index in [1.54, 1.807) is 6.08 Å². The summed E-state index contributed by atoms with van der Waals surface area (Å²) in [5.74, 6) is 1.26. The minimum absolute atomic E-state index is 0.144. The molecule has 2 rings (SSSR count). The van der Waals surface area contributed by atoms with Crippen molar-refractivity contribution in [2.24, 2.45) is 0 Å². The van der Waals surface area contributed by atoms with E-state index in [9.17, 15) is 0 Å². The molecule has 0 spiro atoms. The molecule has 0 bridgehead atoms. The van der Waals surface area contributed by atoms with Gasteiger partial charge in [-0.15, -0.1) is 0 Å². The van der Waals surface area contributed by atoms with Crippen LogP contribution in [0.3, 0.4) is 0 Å². The first kappa shape index (κ1) is 8.67. The van der Waals surface area contributed by atoms with E-state index in [2.05, 4.69) is 0 Å². The van der Waals surface area contributed by atoms with Crippen LogP contribution < -0.4 is 4.74 Å². The summed E-state index contributed by atoms with van der Waals surface area (Å²) in [5, 5.41) is 0. The zero-order valence-electron chi connectivity index (χ0n) is 6.63. The monoisotopic (exact) mass is 212 g/mol. The van der Waals surface area contributed by atoms with Gasteiger partial charge in [0.1, 0.15) is 10.2 Å². The zero-order chi connectivity index (χ0) is 9.26. The first-order valence-electron chi connectivity index (χ1n) is 3.77. The number of benzene rings is 1. The maximum Gasteiger partial charge on any atom is 0.157 e. The Bertz CT molecular complexity index is 390. The van der Waals surface area contributed by atoms with E-state index < -0.39 is 0 Å². The van der Waals surface area contributed by atoms with Crippen molar-refractivity contribution in [3.05, 3.63) is 46.2 Å². The number of ether oxygens (including phenoxy) is 1. The number of hydrogen-bond donors (Lipinski definition) is 0. The van der Waals surface area contributed by atoms with Gasteiger partial charge in [0.25, 0.3) is 0 Å². The molecule has 0 aliphatic carbocycles. The van der Waals surface area contributed by atoms with Crippen LogP contribution in [0.4, 0.5) is 0 Å². The van der Waals surface area contributed by atoms with Gasteiger partial charge < -0.3 is 4.74 Å². The van der Waals surface area contributed by atoms with Crippen molar-refractivity contribution in [2.75, 3.05) is 0 Å². The lowest BCUT2D eigenvalue weighted by Gasteiger charge is -2.13. The maximum absolute atomic E-state index is 5.59. The minimum Gasteiger partial charge on any atom is -0.454 e. The Morgan fingerprint density at radius 2 is 1.85 bits per heavy atom. The number of para-hydroxylation sites is 1. The zero-order valence-corrected chi connectivity index (χ0v) is 8.14. The van der Waals surface area contributed by atoms with E-state index >= 15 is 0 Å². The van der Waals surface area contributed by atoms with Crippen LogP contribution in [0.15, 0.2) is 40.6 Å². The third kappa shape index (κ3) is 1.71. The highest BCUT2D eigenvalue weighted by Gasteiger charge is 2.10. The number of allylic oxidation sites excluding steroid dienone is 1. The molecular formula is C10H6Cl2O. The summed E-state index contributed by atoms with van der Waals surface area (Å²) >= 11 is 11.2. The Kier molecular flexibility index (Phi) is 2.30. The number of fused-ring (bicyclic) bond motifs is 1. The first-order valence-corrected chi connectivity index (χ1v) is 4.53.